The van der Waals surface area contributed by atoms with E-state index in [2.05, 4.69) is 31.0 Å². The number of hydrogen-bond donors (Lipinski definition) is 1. The summed E-state index contributed by atoms with van der Waals surface area (Å²) in [4.78, 5) is 15.3. The highest BCUT2D eigenvalue weighted by Gasteiger charge is 2.39. The summed E-state index contributed by atoms with van der Waals surface area (Å²) >= 11 is 0. The second-order valence-electron chi connectivity index (χ2n) is 7.07. The van der Waals surface area contributed by atoms with Gasteiger partial charge in [0.2, 0.25) is 5.91 Å². The van der Waals surface area contributed by atoms with E-state index in [1.54, 1.807) is 0 Å². The average molecular weight is 288 g/mol. The van der Waals surface area contributed by atoms with Crippen LogP contribution in [0.5, 0.6) is 0 Å². The summed E-state index contributed by atoms with van der Waals surface area (Å²) in [5, 5.41) is 3.50. The average Bonchev–Trinajstić information content (AvgIpc) is 2.46. The first-order valence-corrected chi connectivity index (χ1v) is 7.94. The summed E-state index contributed by atoms with van der Waals surface area (Å²) in [5.74, 6) is 0.696. The third-order valence-electron chi connectivity index (χ3n) is 4.61. The van der Waals surface area contributed by atoms with Crippen molar-refractivity contribution in [2.45, 2.75) is 52.1 Å². The molecular weight excluding hydrogens is 260 g/mol. The van der Waals surface area contributed by atoms with Crippen molar-refractivity contribution in [3.8, 4) is 0 Å². The maximum Gasteiger partial charge on any atom is 0.233 e. The van der Waals surface area contributed by atoms with Crippen LogP contribution < -0.4 is 5.32 Å². The van der Waals surface area contributed by atoms with Crippen molar-refractivity contribution in [3.63, 3.8) is 0 Å². The van der Waals surface area contributed by atoms with E-state index in [-0.39, 0.29) is 11.9 Å². The fraction of sp³-hybridized carbons (Fsp3) is 0.611. The summed E-state index contributed by atoms with van der Waals surface area (Å²) in [6.07, 6.45) is 0. The standard InChI is InChI=1S/C18H28N2O/c1-13(2)16-11-19-14(3)12-20(16)17(21)18(4,5)15-9-7-6-8-10-15/h6-10,13-14,16,19H,11-12H2,1-5H3. The first-order chi connectivity index (χ1) is 9.84. The minimum atomic E-state index is -0.481. The summed E-state index contributed by atoms with van der Waals surface area (Å²) in [7, 11) is 0. The molecule has 1 aromatic carbocycles. The number of piperazine rings is 1. The Labute approximate surface area is 128 Å². The molecule has 3 heteroatoms. The third kappa shape index (κ3) is 3.29. The highest BCUT2D eigenvalue weighted by Crippen LogP contribution is 2.28. The lowest BCUT2D eigenvalue weighted by Gasteiger charge is -2.44. The van der Waals surface area contributed by atoms with E-state index in [1.807, 2.05) is 44.2 Å². The van der Waals surface area contributed by atoms with Gasteiger partial charge < -0.3 is 10.2 Å². The smallest absolute Gasteiger partial charge is 0.233 e. The van der Waals surface area contributed by atoms with Gasteiger partial charge in [0, 0.05) is 25.2 Å². The van der Waals surface area contributed by atoms with E-state index < -0.39 is 5.41 Å². The van der Waals surface area contributed by atoms with Crippen molar-refractivity contribution in [3.05, 3.63) is 35.9 Å². The zero-order valence-corrected chi connectivity index (χ0v) is 13.9. The Morgan fingerprint density at radius 1 is 1.29 bits per heavy atom. The summed E-state index contributed by atoms with van der Waals surface area (Å²) in [6, 6.07) is 10.7. The Kier molecular flexibility index (Phi) is 4.72. The Hall–Kier alpha value is -1.35. The molecule has 1 amide bonds. The SMILES string of the molecule is CC1CN(C(=O)C(C)(C)c2ccccc2)C(C(C)C)CN1. The van der Waals surface area contributed by atoms with Gasteiger partial charge in [-0.3, -0.25) is 4.79 Å². The zero-order chi connectivity index (χ0) is 15.6. The quantitative estimate of drug-likeness (QED) is 0.927. The van der Waals surface area contributed by atoms with Gasteiger partial charge in [-0.15, -0.1) is 0 Å². The molecule has 21 heavy (non-hydrogen) atoms. The monoisotopic (exact) mass is 288 g/mol. The van der Waals surface area contributed by atoms with Crippen LogP contribution in [-0.4, -0.2) is 36.0 Å². The van der Waals surface area contributed by atoms with Crippen LogP contribution in [0.3, 0.4) is 0 Å². The summed E-state index contributed by atoms with van der Waals surface area (Å²) in [5.41, 5.74) is 0.606. The van der Waals surface area contributed by atoms with Crippen LogP contribution in [0, 0.1) is 5.92 Å². The molecule has 2 rings (SSSR count). The van der Waals surface area contributed by atoms with Crippen molar-refractivity contribution in [2.24, 2.45) is 5.92 Å². The van der Waals surface area contributed by atoms with Crippen molar-refractivity contribution >= 4 is 5.91 Å². The molecule has 0 aliphatic carbocycles. The van der Waals surface area contributed by atoms with Crippen molar-refractivity contribution < 1.29 is 4.79 Å². The Morgan fingerprint density at radius 2 is 1.90 bits per heavy atom. The van der Waals surface area contributed by atoms with E-state index >= 15 is 0 Å². The molecular formula is C18H28N2O. The highest BCUT2D eigenvalue weighted by atomic mass is 16.2. The normalized spacial score (nSPS) is 23.4. The number of carbonyl (C=O) groups is 1. The lowest BCUT2D eigenvalue weighted by atomic mass is 9.82. The number of carbonyl (C=O) groups excluding carboxylic acids is 1. The molecule has 1 saturated heterocycles. The van der Waals surface area contributed by atoms with Crippen LogP contribution in [-0.2, 0) is 10.2 Å². The molecule has 0 bridgehead atoms. The molecule has 1 aliphatic heterocycles. The predicted octanol–water partition coefficient (Wildman–Crippen LogP) is 2.81. The van der Waals surface area contributed by atoms with Gasteiger partial charge in [0.25, 0.3) is 0 Å². The third-order valence-corrected chi connectivity index (χ3v) is 4.61. The highest BCUT2D eigenvalue weighted by molar-refractivity contribution is 5.87. The number of rotatable bonds is 3. The molecule has 2 unspecified atom stereocenters. The van der Waals surface area contributed by atoms with Gasteiger partial charge >= 0.3 is 0 Å². The molecule has 0 saturated carbocycles. The van der Waals surface area contributed by atoms with Crippen LogP contribution in [0.2, 0.25) is 0 Å². The van der Waals surface area contributed by atoms with E-state index in [1.165, 1.54) is 0 Å². The summed E-state index contributed by atoms with van der Waals surface area (Å²) < 4.78 is 0. The minimum absolute atomic E-state index is 0.237. The van der Waals surface area contributed by atoms with Crippen molar-refractivity contribution in [2.75, 3.05) is 13.1 Å². The first kappa shape index (κ1) is 16.0. The molecule has 1 N–H and O–H groups in total. The van der Waals surface area contributed by atoms with Gasteiger partial charge in [0.15, 0.2) is 0 Å². The van der Waals surface area contributed by atoms with E-state index in [0.717, 1.165) is 18.7 Å². The molecule has 1 aliphatic rings. The van der Waals surface area contributed by atoms with E-state index in [9.17, 15) is 4.79 Å². The Balaban J connectivity index is 2.27. The molecule has 0 radical (unpaired) electrons. The molecule has 1 fully saturated rings. The van der Waals surface area contributed by atoms with Crippen LogP contribution in [0.4, 0.5) is 0 Å². The molecule has 0 aromatic heterocycles. The first-order valence-electron chi connectivity index (χ1n) is 7.94. The van der Waals surface area contributed by atoms with Gasteiger partial charge in [-0.05, 0) is 32.3 Å². The lowest BCUT2D eigenvalue weighted by molar-refractivity contribution is -0.141. The number of nitrogens with one attached hydrogen (secondary N) is 1. The number of amides is 1. The number of nitrogens with zero attached hydrogens (tertiary/aromatic N) is 1. The van der Waals surface area contributed by atoms with Gasteiger partial charge in [0.1, 0.15) is 0 Å². The second-order valence-corrected chi connectivity index (χ2v) is 7.07. The number of benzene rings is 1. The van der Waals surface area contributed by atoms with Crippen LogP contribution in [0.15, 0.2) is 30.3 Å². The van der Waals surface area contributed by atoms with Gasteiger partial charge in [-0.2, -0.15) is 0 Å². The van der Waals surface area contributed by atoms with Crippen LogP contribution >= 0.6 is 0 Å². The summed E-state index contributed by atoms with van der Waals surface area (Å²) in [6.45, 7) is 12.3. The van der Waals surface area contributed by atoms with Gasteiger partial charge in [-0.25, -0.2) is 0 Å². The van der Waals surface area contributed by atoms with E-state index in [4.69, 9.17) is 0 Å². The largest absolute Gasteiger partial charge is 0.336 e. The minimum Gasteiger partial charge on any atom is -0.336 e. The molecule has 1 aromatic rings. The van der Waals surface area contributed by atoms with Crippen molar-refractivity contribution in [1.29, 1.82) is 0 Å². The Bertz CT molecular complexity index is 481. The van der Waals surface area contributed by atoms with Crippen molar-refractivity contribution in [1.82, 2.24) is 10.2 Å². The van der Waals surface area contributed by atoms with Gasteiger partial charge in [0.05, 0.1) is 5.41 Å². The second kappa shape index (κ2) is 6.18. The predicted molar refractivity (Wildman–Crippen MR) is 87.3 cm³/mol. The van der Waals surface area contributed by atoms with Gasteiger partial charge in [-0.1, -0.05) is 44.2 Å². The Morgan fingerprint density at radius 3 is 2.48 bits per heavy atom. The van der Waals surface area contributed by atoms with Crippen LogP contribution in [0.25, 0.3) is 0 Å². The van der Waals surface area contributed by atoms with E-state index in [0.29, 0.717) is 12.0 Å². The molecule has 2 atom stereocenters. The zero-order valence-electron chi connectivity index (χ0n) is 13.9. The molecule has 3 nitrogen and oxygen atoms in total. The molecule has 0 spiro atoms. The molecule has 1 heterocycles. The molecule has 116 valence electrons. The maximum atomic E-state index is 13.2. The lowest BCUT2D eigenvalue weighted by Crippen LogP contribution is -2.61. The fourth-order valence-electron chi connectivity index (χ4n) is 3.09. The van der Waals surface area contributed by atoms with Crippen LogP contribution in [0.1, 0.15) is 40.2 Å². The number of hydrogen-bond acceptors (Lipinski definition) is 2. The fourth-order valence-corrected chi connectivity index (χ4v) is 3.09. The maximum absolute atomic E-state index is 13.2. The topological polar surface area (TPSA) is 32.3 Å².